The average Bonchev–Trinajstić information content (AvgIpc) is 2.89. The summed E-state index contributed by atoms with van der Waals surface area (Å²) in [6.45, 7) is 4.27. The molecule has 2 aliphatic heterocycles. The highest BCUT2D eigenvalue weighted by Gasteiger charge is 2.47. The Bertz CT molecular complexity index is 699. The summed E-state index contributed by atoms with van der Waals surface area (Å²) in [5.74, 6) is 0. The van der Waals surface area contributed by atoms with Crippen molar-refractivity contribution in [2.45, 2.75) is 44.0 Å². The van der Waals surface area contributed by atoms with Crippen molar-refractivity contribution in [1.29, 1.82) is 0 Å². The van der Waals surface area contributed by atoms with Gasteiger partial charge in [-0.15, -0.1) is 0 Å². The molecule has 2 aliphatic rings. The van der Waals surface area contributed by atoms with E-state index in [-0.39, 0.29) is 12.1 Å². The molecule has 1 N–H and O–H groups in total. The summed E-state index contributed by atoms with van der Waals surface area (Å²) in [4.78, 5) is 2.51. The average molecular weight is 327 g/mol. The molecule has 4 rings (SSSR count). The molecule has 0 radical (unpaired) electrons. The number of nitrogens with zero attached hydrogens (tertiary/aromatic N) is 3. The normalized spacial score (nSPS) is 30.5. The van der Waals surface area contributed by atoms with Crippen LogP contribution in [0.3, 0.4) is 0 Å². The molecule has 2 bridgehead atoms. The number of rotatable bonds is 3. The first kappa shape index (κ1) is 15.8. The van der Waals surface area contributed by atoms with E-state index in [2.05, 4.69) is 34.3 Å². The topological polar surface area (TPSA) is 50.5 Å². The van der Waals surface area contributed by atoms with Crippen LogP contribution in [0.5, 0.6) is 0 Å². The highest BCUT2D eigenvalue weighted by Crippen LogP contribution is 2.42. The second kappa shape index (κ2) is 5.99. The lowest BCUT2D eigenvalue weighted by Gasteiger charge is -2.51. The molecule has 2 atom stereocenters. The number of morpholine rings is 1. The van der Waals surface area contributed by atoms with Crippen molar-refractivity contribution in [3.8, 4) is 0 Å². The number of ether oxygens (including phenoxy) is 1. The Hall–Kier alpha value is -1.69. The molecular formula is C19H25N3O2. The van der Waals surface area contributed by atoms with Crippen molar-refractivity contribution < 1.29 is 9.84 Å². The smallest absolute Gasteiger partial charge is 0.0961 e. The van der Waals surface area contributed by atoms with Crippen LogP contribution in [-0.2, 0) is 23.9 Å². The molecule has 24 heavy (non-hydrogen) atoms. The zero-order valence-electron chi connectivity index (χ0n) is 14.4. The summed E-state index contributed by atoms with van der Waals surface area (Å²) in [7, 11) is 1.91. The number of benzene rings is 1. The van der Waals surface area contributed by atoms with Crippen LogP contribution in [0.4, 0.5) is 0 Å². The third-order valence-corrected chi connectivity index (χ3v) is 5.43. The van der Waals surface area contributed by atoms with Crippen LogP contribution < -0.4 is 0 Å². The fourth-order valence-corrected chi connectivity index (χ4v) is 4.37. The fraction of sp³-hybridized carbons (Fsp3) is 0.526. The van der Waals surface area contributed by atoms with Crippen LogP contribution in [0.2, 0.25) is 0 Å². The van der Waals surface area contributed by atoms with Gasteiger partial charge in [-0.1, -0.05) is 30.3 Å². The number of aryl methyl sites for hydroxylation is 2. The third-order valence-electron chi connectivity index (χ3n) is 5.43. The molecule has 2 fully saturated rings. The van der Waals surface area contributed by atoms with Gasteiger partial charge in [0.2, 0.25) is 0 Å². The highest BCUT2D eigenvalue weighted by atomic mass is 16.5. The quantitative estimate of drug-likeness (QED) is 0.936. The van der Waals surface area contributed by atoms with Crippen molar-refractivity contribution in [2.24, 2.45) is 7.05 Å². The molecular weight excluding hydrogens is 302 g/mol. The number of piperidine rings is 1. The zero-order valence-corrected chi connectivity index (χ0v) is 14.4. The predicted octanol–water partition coefficient (Wildman–Crippen LogP) is 1.98. The van der Waals surface area contributed by atoms with E-state index in [4.69, 9.17) is 4.74 Å². The Morgan fingerprint density at radius 3 is 2.46 bits per heavy atom. The molecule has 5 nitrogen and oxygen atoms in total. The maximum absolute atomic E-state index is 11.4. The second-order valence-electron chi connectivity index (χ2n) is 7.24. The fourth-order valence-electron chi connectivity index (χ4n) is 4.37. The largest absolute Gasteiger partial charge is 0.385 e. The van der Waals surface area contributed by atoms with Crippen LogP contribution in [-0.4, -0.2) is 45.1 Å². The van der Waals surface area contributed by atoms with E-state index in [1.54, 1.807) is 4.68 Å². The third kappa shape index (κ3) is 2.77. The van der Waals surface area contributed by atoms with Crippen molar-refractivity contribution >= 4 is 0 Å². The highest BCUT2D eigenvalue weighted by molar-refractivity contribution is 5.26. The van der Waals surface area contributed by atoms with Gasteiger partial charge in [0.15, 0.2) is 0 Å². The minimum atomic E-state index is -0.801. The maximum atomic E-state index is 11.4. The van der Waals surface area contributed by atoms with E-state index in [0.717, 1.165) is 17.8 Å². The molecule has 0 saturated carbocycles. The Labute approximate surface area is 142 Å². The molecule has 0 spiro atoms. The molecule has 0 amide bonds. The Kier molecular flexibility index (Phi) is 3.95. The van der Waals surface area contributed by atoms with Gasteiger partial charge in [-0.3, -0.25) is 9.58 Å². The van der Waals surface area contributed by atoms with Crippen LogP contribution in [0.25, 0.3) is 0 Å². The summed E-state index contributed by atoms with van der Waals surface area (Å²) < 4.78 is 7.59. The monoisotopic (exact) mass is 327 g/mol. The summed E-state index contributed by atoms with van der Waals surface area (Å²) >= 11 is 0. The van der Waals surface area contributed by atoms with E-state index >= 15 is 0 Å². The minimum Gasteiger partial charge on any atom is -0.385 e. The van der Waals surface area contributed by atoms with E-state index in [1.165, 1.54) is 5.56 Å². The van der Waals surface area contributed by atoms with E-state index in [0.29, 0.717) is 26.1 Å². The van der Waals surface area contributed by atoms with Crippen molar-refractivity contribution in [1.82, 2.24) is 14.7 Å². The summed E-state index contributed by atoms with van der Waals surface area (Å²) in [5, 5.41) is 15.8. The summed E-state index contributed by atoms with van der Waals surface area (Å²) in [5.41, 5.74) is 2.42. The SMILES string of the molecule is Cc1nn(C)cc1C1(O)CC2COCC(C1)N2Cc1ccccc1. The minimum absolute atomic E-state index is 0.238. The van der Waals surface area contributed by atoms with Gasteiger partial charge >= 0.3 is 0 Å². The first-order valence-corrected chi connectivity index (χ1v) is 8.66. The number of aliphatic hydroxyl groups is 1. The van der Waals surface area contributed by atoms with Crippen LogP contribution >= 0.6 is 0 Å². The number of hydrogen-bond acceptors (Lipinski definition) is 4. The van der Waals surface area contributed by atoms with Gasteiger partial charge in [-0.2, -0.15) is 5.10 Å². The Morgan fingerprint density at radius 2 is 1.88 bits per heavy atom. The van der Waals surface area contributed by atoms with Gasteiger partial charge in [0.25, 0.3) is 0 Å². The van der Waals surface area contributed by atoms with E-state index in [9.17, 15) is 5.11 Å². The van der Waals surface area contributed by atoms with Gasteiger partial charge in [0.1, 0.15) is 0 Å². The Morgan fingerprint density at radius 1 is 1.21 bits per heavy atom. The molecule has 5 heteroatoms. The predicted molar refractivity (Wildman–Crippen MR) is 91.5 cm³/mol. The van der Waals surface area contributed by atoms with Gasteiger partial charge < -0.3 is 9.84 Å². The van der Waals surface area contributed by atoms with Gasteiger partial charge in [-0.05, 0) is 25.3 Å². The van der Waals surface area contributed by atoms with Gasteiger partial charge in [0.05, 0.1) is 24.5 Å². The van der Waals surface area contributed by atoms with E-state index < -0.39 is 5.60 Å². The van der Waals surface area contributed by atoms with Gasteiger partial charge in [-0.25, -0.2) is 0 Å². The molecule has 3 heterocycles. The van der Waals surface area contributed by atoms with Crippen molar-refractivity contribution in [3.05, 3.63) is 53.3 Å². The number of aromatic nitrogens is 2. The lowest BCUT2D eigenvalue weighted by Crippen LogP contribution is -2.60. The first-order valence-electron chi connectivity index (χ1n) is 8.66. The molecule has 2 saturated heterocycles. The second-order valence-corrected chi connectivity index (χ2v) is 7.24. The molecule has 128 valence electrons. The first-order chi connectivity index (χ1) is 11.5. The standard InChI is InChI=1S/C19H25N3O2/c1-14-18(11-21(2)20-14)19(23)8-16-12-24-13-17(9-19)22(16)10-15-6-4-3-5-7-15/h3-7,11,16-17,23H,8-10,12-13H2,1-2H3. The van der Waals surface area contributed by atoms with Crippen LogP contribution in [0, 0.1) is 6.92 Å². The number of hydrogen-bond donors (Lipinski definition) is 1. The molecule has 2 unspecified atom stereocenters. The summed E-state index contributed by atoms with van der Waals surface area (Å²) in [6, 6.07) is 11.0. The lowest BCUT2D eigenvalue weighted by atomic mass is 9.77. The number of fused-ring (bicyclic) bond motifs is 2. The summed E-state index contributed by atoms with van der Waals surface area (Å²) in [6.07, 6.45) is 3.37. The lowest BCUT2D eigenvalue weighted by molar-refractivity contribution is -0.149. The molecule has 1 aromatic carbocycles. The maximum Gasteiger partial charge on any atom is 0.0961 e. The Balaban J connectivity index is 1.59. The zero-order chi connectivity index (χ0) is 16.7. The molecule has 1 aromatic heterocycles. The van der Waals surface area contributed by atoms with Crippen LogP contribution in [0.15, 0.2) is 36.5 Å². The molecule has 2 aromatic rings. The van der Waals surface area contributed by atoms with Crippen LogP contribution in [0.1, 0.15) is 29.7 Å². The van der Waals surface area contributed by atoms with Crippen molar-refractivity contribution in [3.63, 3.8) is 0 Å². The van der Waals surface area contributed by atoms with E-state index in [1.807, 2.05) is 26.2 Å². The van der Waals surface area contributed by atoms with Crippen molar-refractivity contribution in [2.75, 3.05) is 13.2 Å². The van der Waals surface area contributed by atoms with Gasteiger partial charge in [0, 0.05) is 37.4 Å². The molecule has 0 aliphatic carbocycles.